The van der Waals surface area contributed by atoms with Crippen LogP contribution in [0.25, 0.3) is 0 Å². The monoisotopic (exact) mass is 356 g/mol. The number of carbonyl (C=O) groups excluding carboxylic acids is 1. The van der Waals surface area contributed by atoms with Gasteiger partial charge in [0, 0.05) is 31.7 Å². The van der Waals surface area contributed by atoms with Crippen LogP contribution in [0, 0.1) is 11.3 Å². The van der Waals surface area contributed by atoms with Gasteiger partial charge in [-0.05, 0) is 62.1 Å². The molecule has 4 nitrogen and oxygen atoms in total. The van der Waals surface area contributed by atoms with Gasteiger partial charge in [-0.1, -0.05) is 25.1 Å². The van der Waals surface area contributed by atoms with Crippen molar-refractivity contribution >= 4 is 5.91 Å². The van der Waals surface area contributed by atoms with Crippen LogP contribution in [0.15, 0.2) is 30.3 Å². The average molecular weight is 357 g/mol. The molecule has 3 aliphatic rings. The fourth-order valence-corrected chi connectivity index (χ4v) is 5.05. The summed E-state index contributed by atoms with van der Waals surface area (Å²) in [7, 11) is 0. The third-order valence-corrected chi connectivity index (χ3v) is 6.62. The lowest BCUT2D eigenvalue weighted by molar-refractivity contribution is 0.0402. The molecule has 3 saturated heterocycles. The van der Waals surface area contributed by atoms with Crippen LogP contribution < -0.4 is 0 Å². The molecule has 1 aromatic carbocycles. The van der Waals surface area contributed by atoms with Crippen molar-refractivity contribution in [3.05, 3.63) is 35.9 Å². The second-order valence-electron chi connectivity index (χ2n) is 8.80. The molecule has 0 N–H and O–H groups in total. The molecule has 0 aliphatic carbocycles. The maximum Gasteiger partial charge on any atom is 0.253 e. The van der Waals surface area contributed by atoms with E-state index in [1.807, 2.05) is 35.2 Å². The number of carbonyl (C=O) groups is 1. The highest BCUT2D eigenvalue weighted by atomic mass is 16.5. The van der Waals surface area contributed by atoms with Crippen molar-refractivity contribution in [2.75, 3.05) is 39.3 Å². The van der Waals surface area contributed by atoms with Crippen LogP contribution in [0.5, 0.6) is 0 Å². The fraction of sp³-hybridized carbons (Fsp3) is 0.682. The predicted molar refractivity (Wildman–Crippen MR) is 103 cm³/mol. The van der Waals surface area contributed by atoms with Crippen molar-refractivity contribution in [3.63, 3.8) is 0 Å². The van der Waals surface area contributed by atoms with E-state index in [1.54, 1.807) is 0 Å². The van der Waals surface area contributed by atoms with E-state index in [2.05, 4.69) is 11.8 Å². The first-order valence-electron chi connectivity index (χ1n) is 10.3. The van der Waals surface area contributed by atoms with Gasteiger partial charge in [0.1, 0.15) is 0 Å². The van der Waals surface area contributed by atoms with Crippen molar-refractivity contribution in [2.24, 2.45) is 11.3 Å². The van der Waals surface area contributed by atoms with E-state index in [9.17, 15) is 4.79 Å². The largest absolute Gasteiger partial charge is 0.376 e. The molecule has 0 saturated carbocycles. The Kier molecular flexibility index (Phi) is 5.32. The fourth-order valence-electron chi connectivity index (χ4n) is 5.05. The zero-order valence-corrected chi connectivity index (χ0v) is 16.0. The molecule has 0 bridgehead atoms. The molecule has 142 valence electrons. The van der Waals surface area contributed by atoms with Gasteiger partial charge in [-0.2, -0.15) is 0 Å². The minimum atomic E-state index is 0.179. The minimum Gasteiger partial charge on any atom is -0.376 e. The lowest BCUT2D eigenvalue weighted by Crippen LogP contribution is -2.44. The first kappa shape index (κ1) is 18.0. The van der Waals surface area contributed by atoms with Crippen molar-refractivity contribution < 1.29 is 9.53 Å². The van der Waals surface area contributed by atoms with Gasteiger partial charge >= 0.3 is 0 Å². The zero-order chi connectivity index (χ0) is 18.0. The number of ether oxygens (including phenoxy) is 1. The van der Waals surface area contributed by atoms with E-state index in [0.717, 1.165) is 50.6 Å². The summed E-state index contributed by atoms with van der Waals surface area (Å²) in [4.78, 5) is 17.3. The smallest absolute Gasteiger partial charge is 0.253 e. The van der Waals surface area contributed by atoms with Gasteiger partial charge in [-0.25, -0.2) is 0 Å². The Balaban J connectivity index is 1.28. The van der Waals surface area contributed by atoms with Crippen molar-refractivity contribution in [1.29, 1.82) is 0 Å². The van der Waals surface area contributed by atoms with E-state index in [0.29, 0.717) is 11.5 Å². The summed E-state index contributed by atoms with van der Waals surface area (Å²) in [5.41, 5.74) is 1.11. The molecular formula is C22H32N2O2. The number of piperidine rings is 2. The number of nitrogens with zero attached hydrogens (tertiary/aromatic N) is 2. The molecule has 26 heavy (non-hydrogen) atoms. The highest BCUT2D eigenvalue weighted by Crippen LogP contribution is 2.42. The van der Waals surface area contributed by atoms with E-state index >= 15 is 0 Å². The summed E-state index contributed by atoms with van der Waals surface area (Å²) in [6.45, 7) is 8.54. The van der Waals surface area contributed by atoms with Crippen molar-refractivity contribution in [1.82, 2.24) is 9.80 Å². The Morgan fingerprint density at radius 1 is 1.19 bits per heavy atom. The van der Waals surface area contributed by atoms with Crippen LogP contribution in [0.3, 0.4) is 0 Å². The van der Waals surface area contributed by atoms with Gasteiger partial charge in [-0.15, -0.1) is 0 Å². The summed E-state index contributed by atoms with van der Waals surface area (Å²) < 4.78 is 6.22. The van der Waals surface area contributed by atoms with Gasteiger partial charge in [0.25, 0.3) is 5.91 Å². The molecule has 1 spiro atoms. The van der Waals surface area contributed by atoms with E-state index < -0.39 is 0 Å². The van der Waals surface area contributed by atoms with Crippen LogP contribution in [0.2, 0.25) is 0 Å². The number of amides is 1. The van der Waals surface area contributed by atoms with Crippen LogP contribution in [0.4, 0.5) is 0 Å². The number of hydrogen-bond acceptors (Lipinski definition) is 3. The third-order valence-electron chi connectivity index (χ3n) is 6.62. The SMILES string of the molecule is C[C@@H]1CCCN(C[C@H]2CC3(CCN(C(=O)c4ccccc4)CC3)CO2)C1. The molecule has 4 rings (SSSR count). The summed E-state index contributed by atoms with van der Waals surface area (Å²) in [5.74, 6) is 1.00. The van der Waals surface area contributed by atoms with Crippen LogP contribution in [-0.2, 0) is 4.74 Å². The number of rotatable bonds is 3. The number of hydrogen-bond donors (Lipinski definition) is 0. The van der Waals surface area contributed by atoms with Gasteiger partial charge in [0.05, 0.1) is 12.7 Å². The molecule has 0 radical (unpaired) electrons. The van der Waals surface area contributed by atoms with Crippen LogP contribution >= 0.6 is 0 Å². The molecule has 3 aliphatic heterocycles. The van der Waals surface area contributed by atoms with E-state index in [-0.39, 0.29) is 5.91 Å². The number of benzene rings is 1. The standard InChI is InChI=1S/C22H32N2O2/c1-18-6-5-11-23(15-18)16-20-14-22(17-26-20)9-12-24(13-10-22)21(25)19-7-3-2-4-8-19/h2-4,7-8,18,20H,5-6,9-17H2,1H3/t18-,20-/m1/s1. The predicted octanol–water partition coefficient (Wildman–Crippen LogP) is 3.43. The minimum absolute atomic E-state index is 0.179. The lowest BCUT2D eigenvalue weighted by atomic mass is 9.76. The Labute approximate surface area is 157 Å². The topological polar surface area (TPSA) is 32.8 Å². The highest BCUT2D eigenvalue weighted by molar-refractivity contribution is 5.94. The summed E-state index contributed by atoms with van der Waals surface area (Å²) in [5, 5.41) is 0. The van der Waals surface area contributed by atoms with Crippen molar-refractivity contribution in [2.45, 2.75) is 45.1 Å². The van der Waals surface area contributed by atoms with Crippen LogP contribution in [-0.4, -0.2) is 61.1 Å². The molecule has 2 atom stereocenters. The van der Waals surface area contributed by atoms with E-state index in [4.69, 9.17) is 4.74 Å². The molecule has 1 amide bonds. The Morgan fingerprint density at radius 2 is 1.96 bits per heavy atom. The number of likely N-dealkylation sites (tertiary alicyclic amines) is 2. The first-order valence-corrected chi connectivity index (χ1v) is 10.3. The van der Waals surface area contributed by atoms with Gasteiger partial charge in [-0.3, -0.25) is 4.79 Å². The third kappa shape index (κ3) is 3.96. The first-order chi connectivity index (χ1) is 12.6. The van der Waals surface area contributed by atoms with E-state index in [1.165, 1.54) is 32.4 Å². The van der Waals surface area contributed by atoms with Gasteiger partial charge in [0.2, 0.25) is 0 Å². The second-order valence-corrected chi connectivity index (χ2v) is 8.80. The van der Waals surface area contributed by atoms with Crippen molar-refractivity contribution in [3.8, 4) is 0 Å². The quantitative estimate of drug-likeness (QED) is 0.832. The normalized spacial score (nSPS) is 29.2. The second kappa shape index (κ2) is 7.69. The molecular weight excluding hydrogens is 324 g/mol. The Bertz CT molecular complexity index is 610. The molecule has 0 unspecified atom stereocenters. The van der Waals surface area contributed by atoms with Gasteiger partial charge in [0.15, 0.2) is 0 Å². The molecule has 1 aromatic rings. The highest BCUT2D eigenvalue weighted by Gasteiger charge is 2.43. The summed E-state index contributed by atoms with van der Waals surface area (Å²) in [6.07, 6.45) is 6.42. The lowest BCUT2D eigenvalue weighted by Gasteiger charge is -2.38. The average Bonchev–Trinajstić information content (AvgIpc) is 3.04. The molecule has 3 fully saturated rings. The molecule has 0 aromatic heterocycles. The Hall–Kier alpha value is -1.39. The van der Waals surface area contributed by atoms with Crippen LogP contribution in [0.1, 0.15) is 49.4 Å². The Morgan fingerprint density at radius 3 is 2.69 bits per heavy atom. The maximum absolute atomic E-state index is 12.6. The maximum atomic E-state index is 12.6. The molecule has 4 heteroatoms. The summed E-state index contributed by atoms with van der Waals surface area (Å²) in [6, 6.07) is 9.67. The molecule has 3 heterocycles. The summed E-state index contributed by atoms with van der Waals surface area (Å²) >= 11 is 0. The zero-order valence-electron chi connectivity index (χ0n) is 16.0. The van der Waals surface area contributed by atoms with Gasteiger partial charge < -0.3 is 14.5 Å².